The summed E-state index contributed by atoms with van der Waals surface area (Å²) in [7, 11) is -1.82. The molecule has 1 aromatic carbocycles. The van der Waals surface area contributed by atoms with Crippen molar-refractivity contribution < 1.29 is 8.42 Å². The lowest BCUT2D eigenvalue weighted by Crippen LogP contribution is -2.12. The van der Waals surface area contributed by atoms with Gasteiger partial charge in [-0.2, -0.15) is 5.10 Å². The van der Waals surface area contributed by atoms with Crippen molar-refractivity contribution in [3.05, 3.63) is 36.4 Å². The van der Waals surface area contributed by atoms with Gasteiger partial charge in [0.2, 0.25) is 10.0 Å². The number of benzene rings is 1. The Morgan fingerprint density at radius 3 is 2.53 bits per heavy atom. The Hall–Kier alpha value is -1.93. The number of primary sulfonamides is 1. The zero-order valence-electron chi connectivity index (χ0n) is 10.4. The number of aryl methyl sites for hydroxylation is 1. The molecular weight excluding hydrogens is 266 g/mol. The molecule has 2 aromatic rings. The van der Waals surface area contributed by atoms with Gasteiger partial charge in [0.05, 0.1) is 4.90 Å². The van der Waals surface area contributed by atoms with Gasteiger partial charge in [-0.1, -0.05) is 0 Å². The summed E-state index contributed by atoms with van der Waals surface area (Å²) in [5.41, 5.74) is 0.823. The molecule has 2 rings (SSSR count). The Morgan fingerprint density at radius 2 is 2.00 bits per heavy atom. The van der Waals surface area contributed by atoms with E-state index in [1.54, 1.807) is 23.1 Å². The molecule has 1 heterocycles. The summed E-state index contributed by atoms with van der Waals surface area (Å²) >= 11 is 0. The van der Waals surface area contributed by atoms with Crippen LogP contribution in [0.3, 0.4) is 0 Å². The SMILES string of the molecule is Cn1cnc(CCNc2ccc(S(N)(=O)=O)cc2)n1. The summed E-state index contributed by atoms with van der Waals surface area (Å²) in [6.45, 7) is 0.665. The van der Waals surface area contributed by atoms with Gasteiger partial charge < -0.3 is 5.32 Å². The van der Waals surface area contributed by atoms with Crippen molar-refractivity contribution in [2.24, 2.45) is 12.2 Å². The third-order valence-corrected chi connectivity index (χ3v) is 3.44. The maximum atomic E-state index is 11.1. The van der Waals surface area contributed by atoms with Gasteiger partial charge >= 0.3 is 0 Å². The standard InChI is InChI=1S/C11H15N5O2S/c1-16-8-14-11(15-16)6-7-13-9-2-4-10(5-3-9)19(12,17)18/h2-5,8,13H,6-7H2,1H3,(H2,12,17,18). The number of aromatic nitrogens is 3. The molecule has 7 nitrogen and oxygen atoms in total. The predicted molar refractivity (Wildman–Crippen MR) is 71.0 cm³/mol. The van der Waals surface area contributed by atoms with E-state index in [0.29, 0.717) is 13.0 Å². The molecule has 19 heavy (non-hydrogen) atoms. The molecule has 0 fully saturated rings. The Labute approximate surface area is 111 Å². The van der Waals surface area contributed by atoms with Crippen molar-refractivity contribution in [2.45, 2.75) is 11.3 Å². The molecule has 8 heteroatoms. The second-order valence-electron chi connectivity index (χ2n) is 4.08. The Bertz CT molecular complexity index is 648. The van der Waals surface area contributed by atoms with Crippen LogP contribution in [0.25, 0.3) is 0 Å². The lowest BCUT2D eigenvalue weighted by Gasteiger charge is -2.05. The summed E-state index contributed by atoms with van der Waals surface area (Å²) in [5.74, 6) is 0.760. The molecule has 0 aliphatic heterocycles. The maximum absolute atomic E-state index is 11.1. The monoisotopic (exact) mass is 281 g/mol. The van der Waals surface area contributed by atoms with Gasteiger partial charge in [0.25, 0.3) is 0 Å². The minimum Gasteiger partial charge on any atom is -0.385 e. The lowest BCUT2D eigenvalue weighted by atomic mass is 10.3. The highest BCUT2D eigenvalue weighted by Gasteiger charge is 2.06. The fourth-order valence-corrected chi connectivity index (χ4v) is 2.10. The first-order chi connectivity index (χ1) is 8.95. The molecule has 0 saturated carbocycles. The molecule has 0 saturated heterocycles. The molecule has 0 unspecified atom stereocenters. The van der Waals surface area contributed by atoms with E-state index in [9.17, 15) is 8.42 Å². The maximum Gasteiger partial charge on any atom is 0.238 e. The summed E-state index contributed by atoms with van der Waals surface area (Å²) in [6, 6.07) is 6.28. The number of sulfonamides is 1. The summed E-state index contributed by atoms with van der Waals surface area (Å²) in [6.07, 6.45) is 2.34. The van der Waals surface area contributed by atoms with Gasteiger partial charge in [0, 0.05) is 25.7 Å². The van der Waals surface area contributed by atoms with E-state index in [0.717, 1.165) is 11.5 Å². The largest absolute Gasteiger partial charge is 0.385 e. The highest BCUT2D eigenvalue weighted by Crippen LogP contribution is 2.12. The van der Waals surface area contributed by atoms with Crippen LogP contribution in [0.15, 0.2) is 35.5 Å². The van der Waals surface area contributed by atoms with Crippen molar-refractivity contribution in [1.29, 1.82) is 0 Å². The zero-order valence-corrected chi connectivity index (χ0v) is 11.3. The van der Waals surface area contributed by atoms with Crippen molar-refractivity contribution in [3.8, 4) is 0 Å². The van der Waals surface area contributed by atoms with Gasteiger partial charge in [-0.05, 0) is 24.3 Å². The number of nitrogens with zero attached hydrogens (tertiary/aromatic N) is 3. The number of nitrogens with two attached hydrogens (primary N) is 1. The van der Waals surface area contributed by atoms with E-state index in [4.69, 9.17) is 5.14 Å². The van der Waals surface area contributed by atoms with E-state index in [1.807, 2.05) is 7.05 Å². The van der Waals surface area contributed by atoms with Crippen LogP contribution < -0.4 is 10.5 Å². The molecular formula is C11H15N5O2S. The first-order valence-corrected chi connectivity index (χ1v) is 7.21. The van der Waals surface area contributed by atoms with Gasteiger partial charge in [-0.3, -0.25) is 4.68 Å². The van der Waals surface area contributed by atoms with Crippen LogP contribution >= 0.6 is 0 Å². The fourth-order valence-electron chi connectivity index (χ4n) is 1.58. The van der Waals surface area contributed by atoms with Crippen LogP contribution in [0.4, 0.5) is 5.69 Å². The number of rotatable bonds is 5. The van der Waals surface area contributed by atoms with Crippen molar-refractivity contribution in [3.63, 3.8) is 0 Å². The minimum absolute atomic E-state index is 0.101. The molecule has 0 atom stereocenters. The van der Waals surface area contributed by atoms with Crippen molar-refractivity contribution in [1.82, 2.24) is 14.8 Å². The van der Waals surface area contributed by atoms with Crippen LogP contribution in [0.5, 0.6) is 0 Å². The minimum atomic E-state index is -3.63. The van der Waals surface area contributed by atoms with E-state index in [-0.39, 0.29) is 4.90 Å². The number of nitrogens with one attached hydrogen (secondary N) is 1. The molecule has 0 radical (unpaired) electrons. The second-order valence-corrected chi connectivity index (χ2v) is 5.64. The molecule has 1 aromatic heterocycles. The van der Waals surface area contributed by atoms with E-state index >= 15 is 0 Å². The summed E-state index contributed by atoms with van der Waals surface area (Å²) < 4.78 is 23.8. The summed E-state index contributed by atoms with van der Waals surface area (Å²) in [4.78, 5) is 4.21. The van der Waals surface area contributed by atoms with E-state index in [2.05, 4.69) is 15.4 Å². The molecule has 0 bridgehead atoms. The Balaban J connectivity index is 1.90. The smallest absolute Gasteiger partial charge is 0.238 e. The first kappa shape index (κ1) is 13.5. The summed E-state index contributed by atoms with van der Waals surface area (Å²) in [5, 5.41) is 12.3. The molecule has 102 valence electrons. The highest BCUT2D eigenvalue weighted by atomic mass is 32.2. The predicted octanol–water partition coefficient (Wildman–Crippen LogP) is 0.117. The fraction of sp³-hybridized carbons (Fsp3) is 0.273. The quantitative estimate of drug-likeness (QED) is 0.810. The topological polar surface area (TPSA) is 103 Å². The lowest BCUT2D eigenvalue weighted by molar-refractivity contribution is 0.598. The third kappa shape index (κ3) is 3.76. The molecule has 0 amide bonds. The Morgan fingerprint density at radius 1 is 1.32 bits per heavy atom. The van der Waals surface area contributed by atoms with Crippen molar-refractivity contribution >= 4 is 15.7 Å². The second kappa shape index (κ2) is 5.37. The van der Waals surface area contributed by atoms with Gasteiger partial charge in [0.1, 0.15) is 6.33 Å². The van der Waals surface area contributed by atoms with E-state index < -0.39 is 10.0 Å². The molecule has 0 aliphatic rings. The van der Waals surface area contributed by atoms with Crippen LogP contribution in [0.2, 0.25) is 0 Å². The molecule has 0 spiro atoms. The van der Waals surface area contributed by atoms with Crippen LogP contribution in [-0.4, -0.2) is 29.7 Å². The van der Waals surface area contributed by atoms with Gasteiger partial charge in [-0.25, -0.2) is 18.5 Å². The van der Waals surface area contributed by atoms with Crippen LogP contribution in [0, 0.1) is 0 Å². The van der Waals surface area contributed by atoms with Gasteiger partial charge in [0.15, 0.2) is 5.82 Å². The van der Waals surface area contributed by atoms with Crippen molar-refractivity contribution in [2.75, 3.05) is 11.9 Å². The normalized spacial score (nSPS) is 11.5. The van der Waals surface area contributed by atoms with E-state index in [1.165, 1.54) is 12.1 Å². The number of hydrogen-bond donors (Lipinski definition) is 2. The van der Waals surface area contributed by atoms with Gasteiger partial charge in [-0.15, -0.1) is 0 Å². The van der Waals surface area contributed by atoms with Crippen LogP contribution in [0.1, 0.15) is 5.82 Å². The highest BCUT2D eigenvalue weighted by molar-refractivity contribution is 7.89. The molecule has 0 aliphatic carbocycles. The first-order valence-electron chi connectivity index (χ1n) is 5.66. The number of hydrogen-bond acceptors (Lipinski definition) is 5. The number of anilines is 1. The van der Waals surface area contributed by atoms with Crippen LogP contribution in [-0.2, 0) is 23.5 Å². The molecule has 3 N–H and O–H groups in total. The third-order valence-electron chi connectivity index (χ3n) is 2.51. The zero-order chi connectivity index (χ0) is 13.9. The average molecular weight is 281 g/mol. The Kier molecular flexibility index (Phi) is 3.82. The average Bonchev–Trinajstić information content (AvgIpc) is 2.75.